The Bertz CT molecular complexity index is 523. The highest BCUT2D eigenvalue weighted by molar-refractivity contribution is 8.43. The second-order valence-corrected chi connectivity index (χ2v) is 7.31. The molecule has 0 atom stereocenters. The van der Waals surface area contributed by atoms with Crippen LogP contribution in [0, 0.1) is 11.6 Å². The maximum Gasteiger partial charge on any atom is 0.123 e. The van der Waals surface area contributed by atoms with Crippen LogP contribution in [-0.4, -0.2) is 3.53 Å². The van der Waals surface area contributed by atoms with Crippen molar-refractivity contribution in [1.82, 2.24) is 0 Å². The van der Waals surface area contributed by atoms with Gasteiger partial charge in [-0.05, 0) is 48.5 Å². The zero-order chi connectivity index (χ0) is 13.1. The van der Waals surface area contributed by atoms with Gasteiger partial charge in [-0.3, -0.25) is 0 Å². The Hall–Kier alpha value is -0.780. The molecule has 0 N–H and O–H groups in total. The quantitative estimate of drug-likeness (QED) is 0.588. The van der Waals surface area contributed by atoms with Crippen molar-refractivity contribution in [2.24, 2.45) is 0 Å². The van der Waals surface area contributed by atoms with Gasteiger partial charge in [0.2, 0.25) is 0 Å². The van der Waals surface area contributed by atoms with E-state index >= 15 is 0 Å². The Morgan fingerprint density at radius 2 is 1.06 bits per heavy atom. The second-order valence-electron chi connectivity index (χ2n) is 3.50. The van der Waals surface area contributed by atoms with Gasteiger partial charge in [0, 0.05) is 9.79 Å². The fraction of sp³-hybridized carbons (Fsp3) is 0. The minimum Gasteiger partial charge on any atom is -0.207 e. The minimum atomic E-state index is -0.508. The summed E-state index contributed by atoms with van der Waals surface area (Å²) in [5, 5.41) is 0. The lowest BCUT2D eigenvalue weighted by Crippen LogP contribution is -1.85. The Balaban J connectivity index is 2.51. The van der Waals surface area contributed by atoms with E-state index in [1.165, 1.54) is 24.3 Å². The lowest BCUT2D eigenvalue weighted by atomic mass is 10.3. The first-order valence-corrected chi connectivity index (χ1v) is 7.20. The van der Waals surface area contributed by atoms with Crippen LogP contribution in [0.1, 0.15) is 0 Å². The first-order valence-electron chi connectivity index (χ1n) is 5.08. The van der Waals surface area contributed by atoms with E-state index in [0.717, 1.165) is 9.79 Å². The van der Waals surface area contributed by atoms with E-state index in [0.29, 0.717) is 3.53 Å². The molecule has 0 saturated heterocycles. The van der Waals surface area contributed by atoms with Crippen molar-refractivity contribution in [3.63, 3.8) is 0 Å². The van der Waals surface area contributed by atoms with Crippen molar-refractivity contribution in [3.05, 3.63) is 60.2 Å². The SMILES string of the molecule is Fc1ccc(S(=C(S)S)c2ccc(F)cc2)cc1. The molecular formula is C13H10F2S3. The highest BCUT2D eigenvalue weighted by Crippen LogP contribution is 2.38. The van der Waals surface area contributed by atoms with Gasteiger partial charge in [0.15, 0.2) is 0 Å². The summed E-state index contributed by atoms with van der Waals surface area (Å²) in [4.78, 5) is 1.78. The van der Waals surface area contributed by atoms with Crippen LogP contribution in [0.2, 0.25) is 0 Å². The van der Waals surface area contributed by atoms with Crippen molar-refractivity contribution in [3.8, 4) is 0 Å². The maximum atomic E-state index is 12.9. The average Bonchev–Trinajstić information content (AvgIpc) is 2.34. The first-order chi connectivity index (χ1) is 8.58. The van der Waals surface area contributed by atoms with Crippen LogP contribution >= 0.6 is 35.7 Å². The third-order valence-corrected chi connectivity index (χ3v) is 5.23. The highest BCUT2D eigenvalue weighted by atomic mass is 32.2. The summed E-state index contributed by atoms with van der Waals surface area (Å²) >= 11 is 8.55. The van der Waals surface area contributed by atoms with Crippen LogP contribution in [0.15, 0.2) is 58.3 Å². The van der Waals surface area contributed by atoms with Crippen LogP contribution in [-0.2, 0) is 0 Å². The first kappa shape index (κ1) is 13.6. The van der Waals surface area contributed by atoms with E-state index in [1.54, 1.807) is 24.3 Å². The standard InChI is InChI=1S/C13H10F2S3/c14-9-1-5-11(6-2-9)18(13(16)17)12-7-3-10(15)4-8-12/h1-8,16-17H. The van der Waals surface area contributed by atoms with E-state index in [1.807, 2.05) is 0 Å². The molecule has 0 fully saturated rings. The molecule has 5 heteroatoms. The molecule has 0 nitrogen and oxygen atoms in total. The molecule has 18 heavy (non-hydrogen) atoms. The van der Waals surface area contributed by atoms with Crippen LogP contribution in [0.3, 0.4) is 0 Å². The van der Waals surface area contributed by atoms with Gasteiger partial charge in [0.05, 0.1) is 3.53 Å². The van der Waals surface area contributed by atoms with Crippen molar-refractivity contribution in [2.75, 3.05) is 0 Å². The summed E-state index contributed by atoms with van der Waals surface area (Å²) in [6, 6.07) is 12.3. The van der Waals surface area contributed by atoms with Gasteiger partial charge in [0.25, 0.3) is 0 Å². The molecule has 2 rings (SSSR count). The van der Waals surface area contributed by atoms with Gasteiger partial charge >= 0.3 is 0 Å². The van der Waals surface area contributed by atoms with E-state index in [4.69, 9.17) is 0 Å². The normalized spacial score (nSPS) is 10.7. The Morgan fingerprint density at radius 3 is 1.33 bits per heavy atom. The monoisotopic (exact) mass is 300 g/mol. The van der Waals surface area contributed by atoms with Crippen molar-refractivity contribution in [2.45, 2.75) is 9.79 Å². The fourth-order valence-corrected chi connectivity index (χ4v) is 4.26. The summed E-state index contributed by atoms with van der Waals surface area (Å²) in [5.74, 6) is -0.581. The lowest BCUT2D eigenvalue weighted by molar-refractivity contribution is 0.626. The van der Waals surface area contributed by atoms with Crippen LogP contribution < -0.4 is 0 Å². The smallest absolute Gasteiger partial charge is 0.123 e. The lowest BCUT2D eigenvalue weighted by Gasteiger charge is -2.11. The molecule has 2 aromatic carbocycles. The summed E-state index contributed by atoms with van der Waals surface area (Å²) in [6.07, 6.45) is 0. The van der Waals surface area contributed by atoms with Gasteiger partial charge in [-0.1, -0.05) is 0 Å². The molecule has 0 bridgehead atoms. The number of hydrogen-bond donors (Lipinski definition) is 2. The van der Waals surface area contributed by atoms with Gasteiger partial charge < -0.3 is 0 Å². The van der Waals surface area contributed by atoms with E-state index in [2.05, 4.69) is 25.3 Å². The third-order valence-electron chi connectivity index (χ3n) is 2.28. The molecule has 0 amide bonds. The highest BCUT2D eigenvalue weighted by Gasteiger charge is 2.07. The van der Waals surface area contributed by atoms with Gasteiger partial charge in [-0.15, -0.1) is 35.7 Å². The molecule has 0 spiro atoms. The summed E-state index contributed by atoms with van der Waals surface area (Å²) in [5.41, 5.74) is 0. The largest absolute Gasteiger partial charge is 0.207 e. The summed E-state index contributed by atoms with van der Waals surface area (Å²) in [6.45, 7) is 0. The second kappa shape index (κ2) is 5.91. The minimum absolute atomic E-state index is 0.290. The topological polar surface area (TPSA) is 0 Å². The molecule has 0 aliphatic carbocycles. The molecule has 0 aliphatic heterocycles. The van der Waals surface area contributed by atoms with E-state index < -0.39 is 10.5 Å². The number of rotatable bonds is 2. The molecule has 0 saturated carbocycles. The zero-order valence-electron chi connectivity index (χ0n) is 9.18. The van der Waals surface area contributed by atoms with Crippen LogP contribution in [0.4, 0.5) is 8.78 Å². The maximum absolute atomic E-state index is 12.9. The Morgan fingerprint density at radius 1 is 0.722 bits per heavy atom. The number of thiol groups is 2. The molecule has 0 aromatic heterocycles. The number of halogens is 2. The molecule has 2 aromatic rings. The van der Waals surface area contributed by atoms with Gasteiger partial charge in [-0.2, -0.15) is 0 Å². The zero-order valence-corrected chi connectivity index (χ0v) is 11.8. The predicted octanol–water partition coefficient (Wildman–Crippen LogP) is 4.60. The molecular weight excluding hydrogens is 290 g/mol. The predicted molar refractivity (Wildman–Crippen MR) is 79.9 cm³/mol. The molecule has 0 aliphatic rings. The van der Waals surface area contributed by atoms with Crippen molar-refractivity contribution < 1.29 is 8.78 Å². The molecule has 0 unspecified atom stereocenters. The van der Waals surface area contributed by atoms with E-state index in [-0.39, 0.29) is 11.6 Å². The van der Waals surface area contributed by atoms with Crippen LogP contribution in [0.25, 0.3) is 0 Å². The van der Waals surface area contributed by atoms with Gasteiger partial charge in [-0.25, -0.2) is 8.78 Å². The number of benzene rings is 2. The molecule has 94 valence electrons. The fourth-order valence-electron chi connectivity index (χ4n) is 1.49. The van der Waals surface area contributed by atoms with Crippen LogP contribution in [0.5, 0.6) is 0 Å². The van der Waals surface area contributed by atoms with Crippen molar-refractivity contribution >= 4 is 39.3 Å². The Labute approximate surface area is 118 Å². The van der Waals surface area contributed by atoms with Crippen molar-refractivity contribution in [1.29, 1.82) is 0 Å². The summed E-state index contributed by atoms with van der Waals surface area (Å²) < 4.78 is 26.4. The third kappa shape index (κ3) is 3.16. The van der Waals surface area contributed by atoms with Gasteiger partial charge in [0.1, 0.15) is 11.6 Å². The molecule has 0 radical (unpaired) electrons. The molecule has 0 heterocycles. The Kier molecular flexibility index (Phi) is 4.48. The van der Waals surface area contributed by atoms with E-state index in [9.17, 15) is 8.78 Å². The summed E-state index contributed by atoms with van der Waals surface area (Å²) in [7, 11) is -0.508. The number of hydrogen-bond acceptors (Lipinski definition) is 0. The average molecular weight is 300 g/mol.